The normalized spacial score (nSPS) is 19.4. The zero-order valence-electron chi connectivity index (χ0n) is 11.7. The summed E-state index contributed by atoms with van der Waals surface area (Å²) >= 11 is 0. The summed E-state index contributed by atoms with van der Waals surface area (Å²) in [5.74, 6) is -5.84. The van der Waals surface area contributed by atoms with E-state index in [1.165, 1.54) is 26.0 Å². The van der Waals surface area contributed by atoms with Gasteiger partial charge in [0.2, 0.25) is 0 Å². The van der Waals surface area contributed by atoms with E-state index >= 15 is 0 Å². The summed E-state index contributed by atoms with van der Waals surface area (Å²) in [4.78, 5) is 21.8. The van der Waals surface area contributed by atoms with E-state index in [1.54, 1.807) is 12.1 Å². The summed E-state index contributed by atoms with van der Waals surface area (Å²) in [6.45, 7) is 2.57. The molecule has 92 valence electrons. The van der Waals surface area contributed by atoms with Gasteiger partial charge < -0.3 is 10.2 Å². The molecule has 2 N–H and O–H groups in total. The van der Waals surface area contributed by atoms with Gasteiger partial charge in [0.1, 0.15) is 0 Å². The lowest BCUT2D eigenvalue weighted by Crippen LogP contribution is -2.12. The Morgan fingerprint density at radius 2 is 1.71 bits per heavy atom. The topological polar surface area (TPSA) is 74.6 Å². The molecule has 0 aliphatic heterocycles. The number of aliphatic carboxylic acids is 2. The molecule has 1 aromatic rings. The van der Waals surface area contributed by atoms with E-state index < -0.39 is 23.7 Å². The molecule has 2 atom stereocenters. The number of carboxylic acids is 2. The molecule has 1 rings (SSSR count). The maximum absolute atomic E-state index is 10.9. The predicted octanol–water partition coefficient (Wildman–Crippen LogP) is 2.14. The monoisotopic (exact) mass is 240 g/mol. The number of carboxylic acid groups (broad SMARTS) is 2. The van der Waals surface area contributed by atoms with Crippen molar-refractivity contribution in [3.63, 3.8) is 0 Å². The summed E-state index contributed by atoms with van der Waals surface area (Å²) in [5, 5.41) is 17.8. The van der Waals surface area contributed by atoms with Crippen LogP contribution < -0.4 is 0 Å². The van der Waals surface area contributed by atoms with E-state index in [1.807, 2.05) is 0 Å². The molecule has 4 nitrogen and oxygen atoms in total. The lowest BCUT2D eigenvalue weighted by molar-refractivity contribution is -0.141. The van der Waals surface area contributed by atoms with Gasteiger partial charge >= 0.3 is 11.9 Å². The van der Waals surface area contributed by atoms with E-state index in [9.17, 15) is 9.59 Å². The second kappa shape index (κ2) is 5.48. The van der Waals surface area contributed by atoms with Gasteiger partial charge in [0.05, 0.1) is 11.8 Å². The number of benzene rings is 1. The van der Waals surface area contributed by atoms with Gasteiger partial charge in [-0.3, -0.25) is 9.59 Å². The maximum atomic E-state index is 10.9. The molecule has 0 heterocycles. The van der Waals surface area contributed by atoms with Gasteiger partial charge in [-0.05, 0) is 24.5 Å². The van der Waals surface area contributed by atoms with Crippen LogP contribution in [0.4, 0.5) is 0 Å². The Bertz CT molecular complexity index is 492. The zero-order chi connectivity index (χ0) is 14.8. The fourth-order valence-corrected chi connectivity index (χ4v) is 1.38. The lowest BCUT2D eigenvalue weighted by atomic mass is 9.96. The average Bonchev–Trinajstić information content (AvgIpc) is 2.28. The Hall–Kier alpha value is -1.84. The summed E-state index contributed by atoms with van der Waals surface area (Å²) in [7, 11) is 0. The second-order valence-corrected chi connectivity index (χ2v) is 3.89. The van der Waals surface area contributed by atoms with Gasteiger partial charge in [-0.25, -0.2) is 0 Å². The molecular formula is C13H16O4. The molecule has 4 heteroatoms. The zero-order valence-corrected chi connectivity index (χ0v) is 9.73. The van der Waals surface area contributed by atoms with Crippen LogP contribution in [0.3, 0.4) is 0 Å². The minimum Gasteiger partial charge on any atom is -0.481 e. The van der Waals surface area contributed by atoms with Crippen LogP contribution in [-0.4, -0.2) is 22.2 Å². The van der Waals surface area contributed by atoms with Crippen molar-refractivity contribution in [3.8, 4) is 0 Å². The third-order valence-electron chi connectivity index (χ3n) is 2.54. The van der Waals surface area contributed by atoms with E-state index in [2.05, 4.69) is 0 Å². The first-order valence-corrected chi connectivity index (χ1v) is 5.13. The van der Waals surface area contributed by atoms with Gasteiger partial charge in [-0.2, -0.15) is 0 Å². The van der Waals surface area contributed by atoms with Crippen LogP contribution in [0.25, 0.3) is 0 Å². The first kappa shape index (κ1) is 10.3. The van der Waals surface area contributed by atoms with Crippen molar-refractivity contribution in [1.29, 1.82) is 0 Å². The van der Waals surface area contributed by atoms with Gasteiger partial charge in [0.25, 0.3) is 0 Å². The molecule has 2 unspecified atom stereocenters. The van der Waals surface area contributed by atoms with Gasteiger partial charge in [0, 0.05) is 2.74 Å². The largest absolute Gasteiger partial charge is 0.481 e. The fraction of sp³-hybridized carbons (Fsp3) is 0.385. The third kappa shape index (κ3) is 3.59. The highest BCUT2D eigenvalue weighted by Crippen LogP contribution is 2.17. The van der Waals surface area contributed by atoms with Crippen molar-refractivity contribution in [3.05, 3.63) is 35.4 Å². The summed E-state index contributed by atoms with van der Waals surface area (Å²) in [5.41, 5.74) is 0.926. The molecule has 0 aromatic heterocycles. The minimum absolute atomic E-state index is 0.0183. The molecule has 0 saturated heterocycles. The van der Waals surface area contributed by atoms with Crippen LogP contribution in [0.1, 0.15) is 33.6 Å². The molecule has 0 spiro atoms. The molecule has 0 fully saturated rings. The highest BCUT2D eigenvalue weighted by Gasteiger charge is 2.14. The van der Waals surface area contributed by atoms with Crippen LogP contribution in [0.15, 0.2) is 24.3 Å². The molecule has 1 aromatic carbocycles. The fourth-order valence-electron chi connectivity index (χ4n) is 1.38. The predicted molar refractivity (Wildman–Crippen MR) is 63.0 cm³/mol. The number of carbonyl (C=O) groups is 2. The van der Waals surface area contributed by atoms with E-state index in [0.29, 0.717) is 11.1 Å². The molecule has 17 heavy (non-hydrogen) atoms. The van der Waals surface area contributed by atoms with Crippen molar-refractivity contribution >= 4 is 11.9 Å². The Balaban J connectivity index is 2.95. The smallest absolute Gasteiger partial charge is 0.310 e. The molecule has 0 bridgehead atoms. The highest BCUT2D eigenvalue weighted by molar-refractivity contribution is 5.75. The summed E-state index contributed by atoms with van der Waals surface area (Å²) < 4.78 is 15.3. The van der Waals surface area contributed by atoms with Gasteiger partial charge in [-0.1, -0.05) is 31.2 Å². The average molecular weight is 240 g/mol. The van der Waals surface area contributed by atoms with Gasteiger partial charge in [-0.15, -0.1) is 0 Å². The first-order chi connectivity index (χ1) is 8.57. The third-order valence-corrected chi connectivity index (χ3v) is 2.54. The van der Waals surface area contributed by atoms with E-state index in [4.69, 9.17) is 13.0 Å². The standard InChI is InChI=1S/C13H16O4/c1-8(12(14)15)7-10-3-5-11(6-4-10)9(2)13(16)17/h3-6,8-9H,7H2,1-2H3,(H,14,15)(H,16,17)/i8T,9T. The van der Waals surface area contributed by atoms with Crippen molar-refractivity contribution < 1.29 is 22.5 Å². The van der Waals surface area contributed by atoms with Crippen LogP contribution in [0.2, 0.25) is 0 Å². The second-order valence-electron chi connectivity index (χ2n) is 3.89. The van der Waals surface area contributed by atoms with Crippen molar-refractivity contribution in [2.75, 3.05) is 0 Å². The van der Waals surface area contributed by atoms with E-state index in [-0.39, 0.29) is 6.42 Å². The van der Waals surface area contributed by atoms with Crippen LogP contribution >= 0.6 is 0 Å². The summed E-state index contributed by atoms with van der Waals surface area (Å²) in [6.07, 6.45) is 0.0183. The van der Waals surface area contributed by atoms with Crippen LogP contribution in [-0.2, 0) is 16.0 Å². The molecule has 0 radical (unpaired) electrons. The van der Waals surface area contributed by atoms with Crippen LogP contribution in [0.5, 0.6) is 0 Å². The number of rotatable bonds is 5. The number of hydrogen-bond acceptors (Lipinski definition) is 2. The molecule has 0 amide bonds. The van der Waals surface area contributed by atoms with Gasteiger partial charge in [0.15, 0.2) is 0 Å². The Labute approximate surface area is 103 Å². The van der Waals surface area contributed by atoms with Crippen LogP contribution in [0, 0.1) is 5.89 Å². The minimum atomic E-state index is -1.74. The van der Waals surface area contributed by atoms with Crippen molar-refractivity contribution in [2.45, 2.75) is 26.2 Å². The lowest BCUT2D eigenvalue weighted by Gasteiger charge is -2.09. The molecule has 0 saturated carbocycles. The Morgan fingerprint density at radius 3 is 2.12 bits per heavy atom. The Morgan fingerprint density at radius 1 is 1.18 bits per heavy atom. The Kier molecular flexibility index (Phi) is 3.33. The quantitative estimate of drug-likeness (QED) is 0.826. The van der Waals surface area contributed by atoms with Crippen molar-refractivity contribution in [2.24, 2.45) is 5.89 Å². The molecular weight excluding hydrogens is 220 g/mol. The summed E-state index contributed by atoms with van der Waals surface area (Å²) in [6, 6.07) is 6.07. The first-order valence-electron chi connectivity index (χ1n) is 6.13. The SMILES string of the molecule is [3H]C(C)(Cc1ccc(C([3H])(C)C(=O)O)cc1)C(=O)O. The number of hydrogen-bond donors (Lipinski definition) is 2. The highest BCUT2D eigenvalue weighted by atomic mass is 16.4. The molecule has 0 aliphatic carbocycles. The maximum Gasteiger partial charge on any atom is 0.310 e. The van der Waals surface area contributed by atoms with E-state index in [0.717, 1.165) is 0 Å². The molecule has 0 aliphatic rings. The van der Waals surface area contributed by atoms with Crippen molar-refractivity contribution in [1.82, 2.24) is 0 Å².